The van der Waals surface area contributed by atoms with Crippen molar-refractivity contribution in [3.63, 3.8) is 0 Å². The van der Waals surface area contributed by atoms with E-state index in [1.54, 1.807) is 12.1 Å². The van der Waals surface area contributed by atoms with Crippen LogP contribution in [0.5, 0.6) is 0 Å². The number of nitrogens with one attached hydrogen (secondary N) is 1. The zero-order valence-electron chi connectivity index (χ0n) is 11.2. The number of hydrogen-bond donors (Lipinski definition) is 1. The highest BCUT2D eigenvalue weighted by Crippen LogP contribution is 2.26. The second-order valence-electron chi connectivity index (χ2n) is 4.65. The minimum Gasteiger partial charge on any atom is -0.379 e. The Bertz CT molecular complexity index is 464. The summed E-state index contributed by atoms with van der Waals surface area (Å²) < 4.78 is 6.16. The van der Waals surface area contributed by atoms with E-state index in [1.807, 2.05) is 6.07 Å². The van der Waals surface area contributed by atoms with E-state index in [4.69, 9.17) is 4.74 Å². The lowest BCUT2D eigenvalue weighted by molar-refractivity contribution is -0.384. The van der Waals surface area contributed by atoms with Gasteiger partial charge in [0.1, 0.15) is 5.69 Å². The van der Waals surface area contributed by atoms with Crippen molar-refractivity contribution in [2.75, 3.05) is 44.7 Å². The highest BCUT2D eigenvalue weighted by Gasteiger charge is 2.14. The number of benzene rings is 1. The van der Waals surface area contributed by atoms with Crippen LogP contribution in [0.25, 0.3) is 0 Å². The average molecular weight is 391 g/mol. The molecule has 0 saturated carbocycles. The van der Waals surface area contributed by atoms with Crippen molar-refractivity contribution in [1.82, 2.24) is 4.90 Å². The van der Waals surface area contributed by atoms with Gasteiger partial charge in [0, 0.05) is 29.3 Å². The van der Waals surface area contributed by atoms with Crippen molar-refractivity contribution >= 4 is 34.0 Å². The maximum Gasteiger partial charge on any atom is 0.293 e. The third kappa shape index (κ3) is 4.57. The number of nitro groups is 1. The zero-order valence-corrected chi connectivity index (χ0v) is 13.3. The normalized spacial score (nSPS) is 16.1. The molecule has 1 N–H and O–H groups in total. The Morgan fingerprint density at radius 3 is 2.85 bits per heavy atom. The Morgan fingerprint density at radius 2 is 2.15 bits per heavy atom. The van der Waals surface area contributed by atoms with Crippen molar-refractivity contribution in [2.45, 2.75) is 6.42 Å². The molecule has 0 spiro atoms. The molecule has 0 amide bonds. The van der Waals surface area contributed by atoms with Gasteiger partial charge >= 0.3 is 0 Å². The smallest absolute Gasteiger partial charge is 0.293 e. The third-order valence-corrected chi connectivity index (χ3v) is 3.90. The van der Waals surface area contributed by atoms with E-state index >= 15 is 0 Å². The molecule has 20 heavy (non-hydrogen) atoms. The van der Waals surface area contributed by atoms with Gasteiger partial charge in [0.25, 0.3) is 5.69 Å². The number of nitrogens with zero attached hydrogens (tertiary/aromatic N) is 2. The summed E-state index contributed by atoms with van der Waals surface area (Å²) in [6.07, 6.45) is 0.961. The summed E-state index contributed by atoms with van der Waals surface area (Å²) in [6, 6.07) is 5.23. The first kappa shape index (κ1) is 15.5. The molecule has 7 heteroatoms. The molecular weight excluding hydrogens is 373 g/mol. The van der Waals surface area contributed by atoms with E-state index < -0.39 is 0 Å². The highest BCUT2D eigenvalue weighted by atomic mass is 127. The van der Waals surface area contributed by atoms with E-state index in [1.165, 1.54) is 0 Å². The molecule has 1 aliphatic rings. The number of morpholine rings is 1. The highest BCUT2D eigenvalue weighted by molar-refractivity contribution is 14.1. The van der Waals surface area contributed by atoms with Crippen LogP contribution in [0.15, 0.2) is 18.2 Å². The Labute approximate surface area is 131 Å². The fraction of sp³-hybridized carbons (Fsp3) is 0.538. The maximum absolute atomic E-state index is 11.0. The molecule has 0 aromatic heterocycles. The van der Waals surface area contributed by atoms with Crippen LogP contribution in [-0.2, 0) is 4.74 Å². The molecule has 0 radical (unpaired) electrons. The first-order chi connectivity index (χ1) is 9.66. The summed E-state index contributed by atoms with van der Waals surface area (Å²) in [5.74, 6) is 0. The lowest BCUT2D eigenvalue weighted by Crippen LogP contribution is -2.37. The molecule has 0 bridgehead atoms. The number of rotatable bonds is 6. The first-order valence-corrected chi connectivity index (χ1v) is 7.72. The Kier molecular flexibility index (Phi) is 5.99. The number of anilines is 1. The van der Waals surface area contributed by atoms with Gasteiger partial charge in [-0.1, -0.05) is 0 Å². The monoisotopic (exact) mass is 391 g/mol. The van der Waals surface area contributed by atoms with Crippen LogP contribution in [0.2, 0.25) is 0 Å². The van der Waals surface area contributed by atoms with Crippen molar-refractivity contribution in [1.29, 1.82) is 0 Å². The van der Waals surface area contributed by atoms with Gasteiger partial charge in [-0.3, -0.25) is 15.0 Å². The fourth-order valence-electron chi connectivity index (χ4n) is 2.16. The standard InChI is InChI=1S/C13H18IN3O3/c14-11-2-3-12(13(10-11)17(18)19)15-4-1-5-16-6-8-20-9-7-16/h2-3,10,15H,1,4-9H2. The second-order valence-corrected chi connectivity index (χ2v) is 5.90. The van der Waals surface area contributed by atoms with E-state index in [0.717, 1.165) is 49.4 Å². The van der Waals surface area contributed by atoms with Crippen LogP contribution >= 0.6 is 22.6 Å². The predicted octanol–water partition coefficient (Wildman–Crippen LogP) is 2.33. The Hall–Kier alpha value is -0.930. The summed E-state index contributed by atoms with van der Waals surface area (Å²) in [6.45, 7) is 5.28. The Morgan fingerprint density at radius 1 is 1.40 bits per heavy atom. The van der Waals surface area contributed by atoms with E-state index in [9.17, 15) is 10.1 Å². The molecule has 1 fully saturated rings. The van der Waals surface area contributed by atoms with Gasteiger partial charge in [0.15, 0.2) is 0 Å². The van der Waals surface area contributed by atoms with E-state index in [2.05, 4.69) is 32.8 Å². The first-order valence-electron chi connectivity index (χ1n) is 6.65. The molecule has 1 heterocycles. The molecular formula is C13H18IN3O3. The quantitative estimate of drug-likeness (QED) is 0.349. The van der Waals surface area contributed by atoms with Gasteiger partial charge in [-0.25, -0.2) is 0 Å². The van der Waals surface area contributed by atoms with Crippen molar-refractivity contribution in [3.8, 4) is 0 Å². The van der Waals surface area contributed by atoms with Crippen molar-refractivity contribution < 1.29 is 9.66 Å². The number of nitro benzene ring substituents is 1. The van der Waals surface area contributed by atoms with Crippen LogP contribution in [-0.4, -0.2) is 49.2 Å². The molecule has 1 aromatic carbocycles. The van der Waals surface area contributed by atoms with Crippen molar-refractivity contribution in [3.05, 3.63) is 31.9 Å². The molecule has 0 atom stereocenters. The van der Waals surface area contributed by atoms with Gasteiger partial charge in [-0.2, -0.15) is 0 Å². The van der Waals surface area contributed by atoms with Crippen LogP contribution in [0.4, 0.5) is 11.4 Å². The van der Waals surface area contributed by atoms with Crippen molar-refractivity contribution in [2.24, 2.45) is 0 Å². The van der Waals surface area contributed by atoms with Gasteiger partial charge in [0.05, 0.1) is 18.1 Å². The zero-order chi connectivity index (χ0) is 14.4. The molecule has 0 unspecified atom stereocenters. The van der Waals surface area contributed by atoms with Gasteiger partial charge in [-0.05, 0) is 47.7 Å². The average Bonchev–Trinajstić information content (AvgIpc) is 2.45. The topological polar surface area (TPSA) is 67.6 Å². The summed E-state index contributed by atoms with van der Waals surface area (Å²) >= 11 is 2.08. The van der Waals surface area contributed by atoms with Gasteiger partial charge in [0.2, 0.25) is 0 Å². The molecule has 1 saturated heterocycles. The number of halogens is 1. The maximum atomic E-state index is 11.0. The fourth-order valence-corrected chi connectivity index (χ4v) is 2.63. The lowest BCUT2D eigenvalue weighted by Gasteiger charge is -2.26. The van der Waals surface area contributed by atoms with Crippen LogP contribution in [0.3, 0.4) is 0 Å². The molecule has 2 rings (SSSR count). The molecule has 1 aromatic rings. The minimum absolute atomic E-state index is 0.142. The molecule has 1 aliphatic heterocycles. The molecule has 110 valence electrons. The molecule has 0 aliphatic carbocycles. The van der Waals surface area contributed by atoms with Crippen LogP contribution in [0.1, 0.15) is 6.42 Å². The second kappa shape index (κ2) is 7.75. The minimum atomic E-state index is -0.341. The van der Waals surface area contributed by atoms with Gasteiger partial charge in [-0.15, -0.1) is 0 Å². The lowest BCUT2D eigenvalue weighted by atomic mass is 10.2. The predicted molar refractivity (Wildman–Crippen MR) is 86.2 cm³/mol. The SMILES string of the molecule is O=[N+]([O-])c1cc(I)ccc1NCCCN1CCOCC1. The third-order valence-electron chi connectivity index (χ3n) is 3.23. The number of hydrogen-bond acceptors (Lipinski definition) is 5. The summed E-state index contributed by atoms with van der Waals surface area (Å²) in [5, 5.41) is 14.2. The number of ether oxygens (including phenoxy) is 1. The van der Waals surface area contributed by atoms with Crippen LogP contribution in [0, 0.1) is 13.7 Å². The summed E-state index contributed by atoms with van der Waals surface area (Å²) in [5.41, 5.74) is 0.737. The van der Waals surface area contributed by atoms with E-state index in [-0.39, 0.29) is 10.6 Å². The summed E-state index contributed by atoms with van der Waals surface area (Å²) in [7, 11) is 0. The largest absolute Gasteiger partial charge is 0.379 e. The van der Waals surface area contributed by atoms with Gasteiger partial charge < -0.3 is 10.1 Å². The van der Waals surface area contributed by atoms with Crippen LogP contribution < -0.4 is 5.32 Å². The summed E-state index contributed by atoms with van der Waals surface area (Å²) in [4.78, 5) is 13.0. The Balaban J connectivity index is 1.80. The molecule has 6 nitrogen and oxygen atoms in total. The van der Waals surface area contributed by atoms with E-state index in [0.29, 0.717) is 5.69 Å².